The number of hydrogen-bond donors (Lipinski definition) is 1. The first-order chi connectivity index (χ1) is 14.9. The molecule has 0 bridgehead atoms. The van der Waals surface area contributed by atoms with Crippen molar-refractivity contribution in [3.63, 3.8) is 0 Å². The highest BCUT2D eigenvalue weighted by Crippen LogP contribution is 2.39. The lowest BCUT2D eigenvalue weighted by Crippen LogP contribution is -2.12. The Morgan fingerprint density at radius 3 is 2.29 bits per heavy atom. The van der Waals surface area contributed by atoms with E-state index in [2.05, 4.69) is 44.3 Å². The predicted molar refractivity (Wildman–Crippen MR) is 125 cm³/mol. The summed E-state index contributed by atoms with van der Waals surface area (Å²) in [7, 11) is 4.57. The second kappa shape index (κ2) is 9.83. The number of aryl methyl sites for hydroxylation is 3. The van der Waals surface area contributed by atoms with Crippen LogP contribution in [0.1, 0.15) is 39.7 Å². The van der Waals surface area contributed by atoms with Crippen LogP contribution in [-0.2, 0) is 6.42 Å². The number of carbonyl (C=O) groups is 1. The summed E-state index contributed by atoms with van der Waals surface area (Å²) in [5.74, 6) is 1.00. The van der Waals surface area contributed by atoms with Crippen molar-refractivity contribution in [1.29, 1.82) is 0 Å². The minimum absolute atomic E-state index is 0.288. The van der Waals surface area contributed by atoms with E-state index in [0.29, 0.717) is 27.9 Å². The molecule has 0 unspecified atom stereocenters. The molecule has 2 aromatic carbocycles. The maximum atomic E-state index is 13.0. The number of rotatable bonds is 8. The third kappa shape index (κ3) is 4.82. The van der Waals surface area contributed by atoms with Gasteiger partial charge in [0.25, 0.3) is 5.91 Å². The number of nitrogens with zero attached hydrogens (tertiary/aromatic N) is 1. The molecule has 0 atom stereocenters. The van der Waals surface area contributed by atoms with Crippen LogP contribution in [0.15, 0.2) is 30.3 Å². The van der Waals surface area contributed by atoms with E-state index in [1.807, 2.05) is 0 Å². The highest BCUT2D eigenvalue weighted by Gasteiger charge is 2.20. The van der Waals surface area contributed by atoms with Crippen LogP contribution in [-0.4, -0.2) is 32.2 Å². The van der Waals surface area contributed by atoms with Gasteiger partial charge in [0.15, 0.2) is 16.6 Å². The van der Waals surface area contributed by atoms with Crippen molar-refractivity contribution in [2.24, 2.45) is 0 Å². The highest BCUT2D eigenvalue weighted by atomic mass is 32.1. The van der Waals surface area contributed by atoms with Crippen molar-refractivity contribution in [3.8, 4) is 28.5 Å². The summed E-state index contributed by atoms with van der Waals surface area (Å²) in [6.45, 7) is 6.29. The number of ether oxygens (including phenoxy) is 3. The quantitative estimate of drug-likeness (QED) is 0.490. The lowest BCUT2D eigenvalue weighted by Gasteiger charge is -2.13. The van der Waals surface area contributed by atoms with Crippen LogP contribution in [0.2, 0.25) is 0 Å². The SMILES string of the molecule is CCCc1sc(NC(=O)c2cc(OC)c(OC)c(OC)c2)nc1-c1cc(C)ccc1C. The Labute approximate surface area is 187 Å². The zero-order valence-corrected chi connectivity index (χ0v) is 19.6. The fourth-order valence-electron chi connectivity index (χ4n) is 3.38. The van der Waals surface area contributed by atoms with E-state index in [-0.39, 0.29) is 5.91 Å². The summed E-state index contributed by atoms with van der Waals surface area (Å²) in [6.07, 6.45) is 1.90. The van der Waals surface area contributed by atoms with E-state index in [9.17, 15) is 4.79 Å². The molecule has 1 amide bonds. The first-order valence-electron chi connectivity index (χ1n) is 10.1. The first-order valence-corrected chi connectivity index (χ1v) is 10.9. The Morgan fingerprint density at radius 1 is 1.03 bits per heavy atom. The fraction of sp³-hybridized carbons (Fsp3) is 0.333. The van der Waals surface area contributed by atoms with Gasteiger partial charge in [-0.2, -0.15) is 0 Å². The zero-order valence-electron chi connectivity index (χ0n) is 18.8. The number of aromatic nitrogens is 1. The zero-order chi connectivity index (χ0) is 22.5. The second-order valence-corrected chi connectivity index (χ2v) is 8.31. The molecule has 164 valence electrons. The van der Waals surface area contributed by atoms with Crippen LogP contribution in [0.4, 0.5) is 5.13 Å². The molecule has 3 aromatic rings. The van der Waals surface area contributed by atoms with Crippen LogP contribution in [0.5, 0.6) is 17.2 Å². The summed E-state index contributed by atoms with van der Waals surface area (Å²) < 4.78 is 16.1. The lowest BCUT2D eigenvalue weighted by molar-refractivity contribution is 0.102. The topological polar surface area (TPSA) is 69.7 Å². The largest absolute Gasteiger partial charge is 0.493 e. The Bertz CT molecular complexity index is 1070. The predicted octanol–water partition coefficient (Wildman–Crippen LogP) is 5.66. The third-order valence-corrected chi connectivity index (χ3v) is 6.00. The molecule has 6 nitrogen and oxygen atoms in total. The molecule has 0 aliphatic heterocycles. The second-order valence-electron chi connectivity index (χ2n) is 7.23. The molecule has 0 radical (unpaired) electrons. The average molecular weight is 441 g/mol. The monoisotopic (exact) mass is 440 g/mol. The van der Waals surface area contributed by atoms with Gasteiger partial charge in [-0.1, -0.05) is 31.0 Å². The Hall–Kier alpha value is -3.06. The smallest absolute Gasteiger partial charge is 0.257 e. The van der Waals surface area contributed by atoms with Crippen molar-refractivity contribution in [2.75, 3.05) is 26.6 Å². The normalized spacial score (nSPS) is 10.6. The Kier molecular flexibility index (Phi) is 7.17. The molecule has 3 rings (SSSR count). The molecule has 1 heterocycles. The number of thiazole rings is 1. The molecular weight excluding hydrogens is 412 g/mol. The lowest BCUT2D eigenvalue weighted by atomic mass is 10.0. The van der Waals surface area contributed by atoms with Crippen molar-refractivity contribution in [2.45, 2.75) is 33.6 Å². The van der Waals surface area contributed by atoms with E-state index < -0.39 is 0 Å². The first kappa shape index (κ1) is 22.6. The van der Waals surface area contributed by atoms with Gasteiger partial charge in [0.05, 0.1) is 27.0 Å². The van der Waals surface area contributed by atoms with Gasteiger partial charge in [0.1, 0.15) is 0 Å². The van der Waals surface area contributed by atoms with E-state index in [0.717, 1.165) is 34.5 Å². The standard InChI is InChI=1S/C24H28N2O4S/c1-7-8-20-21(17-11-14(2)9-10-15(17)3)25-24(31-20)26-23(27)16-12-18(28-4)22(30-6)19(13-16)29-5/h9-13H,7-8H2,1-6H3,(H,25,26,27). The Balaban J connectivity index is 1.96. The average Bonchev–Trinajstić information content (AvgIpc) is 3.16. The highest BCUT2D eigenvalue weighted by molar-refractivity contribution is 7.16. The molecule has 0 aliphatic rings. The number of carbonyl (C=O) groups excluding carboxylic acids is 1. The van der Waals surface area contributed by atoms with Gasteiger partial charge in [-0.15, -0.1) is 11.3 Å². The summed E-state index contributed by atoms with van der Waals surface area (Å²) >= 11 is 1.51. The van der Waals surface area contributed by atoms with Crippen molar-refractivity contribution >= 4 is 22.4 Å². The van der Waals surface area contributed by atoms with Gasteiger partial charge in [-0.25, -0.2) is 4.98 Å². The molecular formula is C24H28N2O4S. The molecule has 1 aromatic heterocycles. The van der Waals surface area contributed by atoms with Crippen LogP contribution < -0.4 is 19.5 Å². The van der Waals surface area contributed by atoms with Crippen LogP contribution in [0, 0.1) is 13.8 Å². The number of nitrogens with one attached hydrogen (secondary N) is 1. The number of amides is 1. The van der Waals surface area contributed by atoms with Gasteiger partial charge >= 0.3 is 0 Å². The van der Waals surface area contributed by atoms with E-state index in [1.165, 1.54) is 38.2 Å². The van der Waals surface area contributed by atoms with Crippen molar-refractivity contribution in [1.82, 2.24) is 4.98 Å². The van der Waals surface area contributed by atoms with Gasteiger partial charge in [0.2, 0.25) is 5.75 Å². The number of anilines is 1. The molecule has 0 spiro atoms. The Morgan fingerprint density at radius 2 is 1.71 bits per heavy atom. The van der Waals surface area contributed by atoms with Crippen molar-refractivity contribution < 1.29 is 19.0 Å². The molecule has 0 aliphatic carbocycles. The summed E-state index contributed by atoms with van der Waals surface area (Å²) in [5, 5.41) is 3.51. The van der Waals surface area contributed by atoms with Gasteiger partial charge in [-0.05, 0) is 44.0 Å². The summed E-state index contributed by atoms with van der Waals surface area (Å²) in [6, 6.07) is 9.60. The molecule has 1 N–H and O–H groups in total. The molecule has 0 fully saturated rings. The van der Waals surface area contributed by atoms with E-state index in [1.54, 1.807) is 12.1 Å². The minimum Gasteiger partial charge on any atom is -0.493 e. The van der Waals surface area contributed by atoms with Gasteiger partial charge in [0, 0.05) is 16.0 Å². The number of benzene rings is 2. The molecule has 31 heavy (non-hydrogen) atoms. The maximum Gasteiger partial charge on any atom is 0.257 e. The number of hydrogen-bond acceptors (Lipinski definition) is 6. The summed E-state index contributed by atoms with van der Waals surface area (Å²) in [4.78, 5) is 18.9. The van der Waals surface area contributed by atoms with E-state index in [4.69, 9.17) is 19.2 Å². The van der Waals surface area contributed by atoms with Gasteiger partial charge in [-0.3, -0.25) is 10.1 Å². The van der Waals surface area contributed by atoms with Crippen LogP contribution in [0.3, 0.4) is 0 Å². The minimum atomic E-state index is -0.288. The van der Waals surface area contributed by atoms with Crippen LogP contribution >= 0.6 is 11.3 Å². The van der Waals surface area contributed by atoms with E-state index >= 15 is 0 Å². The van der Waals surface area contributed by atoms with Crippen LogP contribution in [0.25, 0.3) is 11.3 Å². The number of methoxy groups -OCH3 is 3. The molecule has 0 saturated heterocycles. The van der Waals surface area contributed by atoms with Gasteiger partial charge < -0.3 is 14.2 Å². The fourth-order valence-corrected chi connectivity index (χ4v) is 4.46. The maximum absolute atomic E-state index is 13.0. The van der Waals surface area contributed by atoms with Crippen molar-refractivity contribution in [3.05, 3.63) is 51.9 Å². The third-order valence-electron chi connectivity index (χ3n) is 4.97. The molecule has 7 heteroatoms. The summed E-state index contributed by atoms with van der Waals surface area (Å²) in [5.41, 5.74) is 4.78. The molecule has 0 saturated carbocycles.